The average molecular weight is 492 g/mol. The van der Waals surface area contributed by atoms with Gasteiger partial charge in [0.2, 0.25) is 5.89 Å². The van der Waals surface area contributed by atoms with Crippen LogP contribution in [-0.4, -0.2) is 36.7 Å². The molecule has 176 valence electrons. The van der Waals surface area contributed by atoms with Gasteiger partial charge in [-0.3, -0.25) is 9.36 Å². The minimum Gasteiger partial charge on any atom is -0.464 e. The number of halogens is 1. The summed E-state index contributed by atoms with van der Waals surface area (Å²) in [5, 5.41) is 0.506. The maximum absolute atomic E-state index is 13.6. The molecule has 2 aromatic carbocycles. The topological polar surface area (TPSA) is 114 Å². The Labute approximate surface area is 202 Å². The van der Waals surface area contributed by atoms with Crippen molar-refractivity contribution in [3.63, 3.8) is 0 Å². The van der Waals surface area contributed by atoms with E-state index in [4.69, 9.17) is 16.0 Å². The Morgan fingerprint density at radius 3 is 2.51 bits per heavy atom. The van der Waals surface area contributed by atoms with Gasteiger partial charge in [-0.05, 0) is 29.8 Å². The highest BCUT2D eigenvalue weighted by Crippen LogP contribution is 2.17. The molecule has 0 amide bonds. The third-order valence-corrected chi connectivity index (χ3v) is 5.67. The number of aromatic nitrogens is 5. The molecule has 10 nitrogen and oxygen atoms in total. The molecule has 0 radical (unpaired) electrons. The maximum Gasteiger partial charge on any atom is 0.360 e. The third-order valence-electron chi connectivity index (χ3n) is 5.42. The van der Waals surface area contributed by atoms with Gasteiger partial charge in [-0.25, -0.2) is 24.1 Å². The molecule has 3 heterocycles. The van der Waals surface area contributed by atoms with Crippen molar-refractivity contribution in [2.24, 2.45) is 0 Å². The van der Waals surface area contributed by atoms with Crippen molar-refractivity contribution in [2.75, 3.05) is 7.11 Å². The van der Waals surface area contributed by atoms with Crippen LogP contribution in [0.3, 0.4) is 0 Å². The molecule has 0 aliphatic heterocycles. The molecule has 0 unspecified atom stereocenters. The molecule has 0 aliphatic carbocycles. The molecule has 11 heteroatoms. The van der Waals surface area contributed by atoms with Gasteiger partial charge in [0.15, 0.2) is 16.9 Å². The molecule has 0 spiro atoms. The lowest BCUT2D eigenvalue weighted by atomic mass is 10.2. The Kier molecular flexibility index (Phi) is 5.79. The second-order valence-electron chi connectivity index (χ2n) is 7.63. The van der Waals surface area contributed by atoms with E-state index in [0.29, 0.717) is 10.7 Å². The van der Waals surface area contributed by atoms with Gasteiger partial charge < -0.3 is 13.7 Å². The second kappa shape index (κ2) is 9.07. The van der Waals surface area contributed by atoms with Crippen LogP contribution in [0.25, 0.3) is 16.9 Å². The molecule has 5 rings (SSSR count). The smallest absolute Gasteiger partial charge is 0.360 e. The number of carbonyl (C=O) groups is 1. The molecule has 0 aliphatic rings. The Bertz CT molecular complexity index is 1650. The quantitative estimate of drug-likeness (QED) is 0.335. The van der Waals surface area contributed by atoms with Gasteiger partial charge in [-0.15, -0.1) is 0 Å². The Morgan fingerprint density at radius 1 is 1.06 bits per heavy atom. The van der Waals surface area contributed by atoms with Crippen molar-refractivity contribution in [3.8, 4) is 5.69 Å². The average Bonchev–Trinajstić information content (AvgIpc) is 3.51. The number of nitrogens with zero attached hydrogens (tertiary/aromatic N) is 5. The molecular weight excluding hydrogens is 474 g/mol. The summed E-state index contributed by atoms with van der Waals surface area (Å²) in [6.07, 6.45) is 2.60. The summed E-state index contributed by atoms with van der Waals surface area (Å²) in [5.74, 6) is -0.472. The van der Waals surface area contributed by atoms with Crippen molar-refractivity contribution in [3.05, 3.63) is 110 Å². The fourth-order valence-electron chi connectivity index (χ4n) is 3.76. The molecule has 0 saturated carbocycles. The van der Waals surface area contributed by atoms with E-state index in [9.17, 15) is 14.4 Å². The Hall–Kier alpha value is -4.44. The number of methoxy groups -OCH3 is 1. The first-order valence-electron chi connectivity index (χ1n) is 10.5. The number of imidazole rings is 1. The molecular formula is C24H18ClN5O5. The van der Waals surface area contributed by atoms with Crippen molar-refractivity contribution in [1.82, 2.24) is 23.7 Å². The minimum atomic E-state index is -0.641. The Balaban J connectivity index is 1.70. The standard InChI is InChI=1S/C24H18ClN5O5/c1-34-23(32)18-13-35-19(27-18)12-28-14-26-21-20(28)22(31)29(11-15-5-3-2-4-6-15)24(33)30(21)17-9-7-16(25)8-10-17/h2-10,13-14H,11-12H2,1H3. The summed E-state index contributed by atoms with van der Waals surface area (Å²) < 4.78 is 14.1. The van der Waals surface area contributed by atoms with Crippen LogP contribution in [0.15, 0.2) is 81.2 Å². The maximum atomic E-state index is 13.6. The van der Waals surface area contributed by atoms with Gasteiger partial charge in [0.05, 0.1) is 25.7 Å². The number of rotatable bonds is 6. The molecule has 3 aromatic heterocycles. The zero-order valence-corrected chi connectivity index (χ0v) is 19.2. The monoisotopic (exact) mass is 491 g/mol. The van der Waals surface area contributed by atoms with Crippen molar-refractivity contribution in [2.45, 2.75) is 13.1 Å². The predicted octanol–water partition coefficient (Wildman–Crippen LogP) is 2.87. The number of hydrogen-bond donors (Lipinski definition) is 0. The minimum absolute atomic E-state index is 0.00600. The van der Waals surface area contributed by atoms with E-state index in [0.717, 1.165) is 10.1 Å². The fraction of sp³-hybridized carbons (Fsp3) is 0.125. The van der Waals surface area contributed by atoms with Gasteiger partial charge in [0.1, 0.15) is 12.8 Å². The van der Waals surface area contributed by atoms with Crippen LogP contribution >= 0.6 is 11.6 Å². The number of hydrogen-bond acceptors (Lipinski definition) is 7. The van der Waals surface area contributed by atoms with Gasteiger partial charge in [0.25, 0.3) is 5.56 Å². The first-order chi connectivity index (χ1) is 17.0. The summed E-state index contributed by atoms with van der Waals surface area (Å²) in [5.41, 5.74) is 0.584. The number of ether oxygens (including phenoxy) is 1. The lowest BCUT2D eigenvalue weighted by Gasteiger charge is -2.13. The Morgan fingerprint density at radius 2 is 1.80 bits per heavy atom. The van der Waals surface area contributed by atoms with Crippen molar-refractivity contribution < 1.29 is 13.9 Å². The van der Waals surface area contributed by atoms with E-state index in [-0.39, 0.29) is 35.8 Å². The zero-order valence-electron chi connectivity index (χ0n) is 18.4. The number of oxazole rings is 1. The van der Waals surface area contributed by atoms with Gasteiger partial charge in [-0.2, -0.15) is 0 Å². The van der Waals surface area contributed by atoms with Crippen LogP contribution in [-0.2, 0) is 17.8 Å². The first-order valence-corrected chi connectivity index (χ1v) is 10.9. The van der Waals surface area contributed by atoms with Gasteiger partial charge in [0, 0.05) is 5.02 Å². The van der Waals surface area contributed by atoms with E-state index in [1.54, 1.807) is 24.3 Å². The van der Waals surface area contributed by atoms with Crippen LogP contribution in [0.4, 0.5) is 0 Å². The van der Waals surface area contributed by atoms with E-state index < -0.39 is 17.2 Å². The summed E-state index contributed by atoms with van der Waals surface area (Å²) in [7, 11) is 1.24. The molecule has 0 atom stereocenters. The number of fused-ring (bicyclic) bond motifs is 1. The number of esters is 1. The summed E-state index contributed by atoms with van der Waals surface area (Å²) >= 11 is 6.04. The van der Waals surface area contributed by atoms with Gasteiger partial charge >= 0.3 is 11.7 Å². The van der Waals surface area contributed by atoms with Crippen molar-refractivity contribution in [1.29, 1.82) is 0 Å². The molecule has 5 aromatic rings. The van der Waals surface area contributed by atoms with E-state index in [1.165, 1.54) is 28.8 Å². The summed E-state index contributed by atoms with van der Waals surface area (Å²) in [4.78, 5) is 47.3. The molecule has 0 fully saturated rings. The van der Waals surface area contributed by atoms with Crippen LogP contribution in [0.2, 0.25) is 5.02 Å². The lowest BCUT2D eigenvalue weighted by molar-refractivity contribution is 0.0594. The summed E-state index contributed by atoms with van der Waals surface area (Å²) in [6, 6.07) is 15.9. The van der Waals surface area contributed by atoms with Crippen LogP contribution in [0, 0.1) is 0 Å². The van der Waals surface area contributed by atoms with Gasteiger partial charge in [-0.1, -0.05) is 41.9 Å². The normalized spacial score (nSPS) is 11.1. The highest BCUT2D eigenvalue weighted by Gasteiger charge is 2.21. The second-order valence-corrected chi connectivity index (χ2v) is 8.07. The van der Waals surface area contributed by atoms with Crippen LogP contribution in [0.1, 0.15) is 21.9 Å². The summed E-state index contributed by atoms with van der Waals surface area (Å²) in [6.45, 7) is 0.0750. The highest BCUT2D eigenvalue weighted by molar-refractivity contribution is 6.30. The van der Waals surface area contributed by atoms with E-state index >= 15 is 0 Å². The first kappa shape index (κ1) is 22.4. The van der Waals surface area contributed by atoms with Crippen LogP contribution < -0.4 is 11.2 Å². The van der Waals surface area contributed by atoms with E-state index in [2.05, 4.69) is 14.7 Å². The molecule has 35 heavy (non-hydrogen) atoms. The van der Waals surface area contributed by atoms with Crippen LogP contribution in [0.5, 0.6) is 0 Å². The fourth-order valence-corrected chi connectivity index (χ4v) is 3.88. The predicted molar refractivity (Wildman–Crippen MR) is 127 cm³/mol. The molecule has 0 bridgehead atoms. The van der Waals surface area contributed by atoms with Crippen molar-refractivity contribution >= 4 is 28.7 Å². The SMILES string of the molecule is COC(=O)c1coc(Cn2cnc3c2c(=O)n(Cc2ccccc2)c(=O)n3-c2ccc(Cl)cc2)n1. The largest absolute Gasteiger partial charge is 0.464 e. The number of benzene rings is 2. The van der Waals surface area contributed by atoms with E-state index in [1.807, 2.05) is 30.3 Å². The third kappa shape index (κ3) is 4.15. The molecule has 0 N–H and O–H groups in total. The molecule has 0 saturated heterocycles. The zero-order chi connectivity index (χ0) is 24.5. The lowest BCUT2D eigenvalue weighted by Crippen LogP contribution is -2.40. The highest BCUT2D eigenvalue weighted by atomic mass is 35.5. The number of carbonyl (C=O) groups excluding carboxylic acids is 1.